The van der Waals surface area contributed by atoms with Crippen LogP contribution in [0.25, 0.3) is 11.0 Å². The zero-order chi connectivity index (χ0) is 13.7. The van der Waals surface area contributed by atoms with E-state index in [9.17, 15) is 9.18 Å². The van der Waals surface area contributed by atoms with Gasteiger partial charge in [0.15, 0.2) is 4.77 Å². The van der Waals surface area contributed by atoms with Gasteiger partial charge in [-0.15, -0.1) is 0 Å². The minimum Gasteiger partial charge on any atom is -0.368 e. The molecule has 0 aliphatic rings. The third-order valence-corrected chi connectivity index (χ3v) is 4.00. The van der Waals surface area contributed by atoms with Gasteiger partial charge in [-0.2, -0.15) is 0 Å². The number of halogens is 2. The number of nitrogens with two attached hydrogens (primary N) is 1. The summed E-state index contributed by atoms with van der Waals surface area (Å²) in [6, 6.07) is 3.00. The van der Waals surface area contributed by atoms with Crippen molar-refractivity contribution in [3.05, 3.63) is 26.3 Å². The average Bonchev–Trinajstić information content (AvgIpc) is 2.54. The van der Waals surface area contributed by atoms with Crippen molar-refractivity contribution in [1.82, 2.24) is 9.55 Å². The molecule has 2 rings (SSSR count). The summed E-state index contributed by atoms with van der Waals surface area (Å²) >= 11 is 7.08. The van der Waals surface area contributed by atoms with Gasteiger partial charge in [0.25, 0.3) is 0 Å². The van der Waals surface area contributed by atoms with Gasteiger partial charge in [-0.1, -0.05) is 0 Å². The van der Waals surface area contributed by atoms with Crippen LogP contribution in [0.3, 0.4) is 0 Å². The molecule has 3 N–H and O–H groups in total. The van der Waals surface area contributed by atoms with Crippen LogP contribution in [0.4, 0.5) is 4.39 Å². The third-order valence-electron chi connectivity index (χ3n) is 2.89. The van der Waals surface area contributed by atoms with E-state index in [1.165, 1.54) is 6.07 Å². The van der Waals surface area contributed by atoms with E-state index < -0.39 is 11.4 Å². The fourth-order valence-corrected chi connectivity index (χ4v) is 2.67. The fourth-order valence-electron chi connectivity index (χ4n) is 1.77. The molecule has 1 heterocycles. The van der Waals surface area contributed by atoms with Gasteiger partial charge in [0, 0.05) is 6.07 Å². The number of amides is 1. The van der Waals surface area contributed by atoms with Crippen LogP contribution < -0.4 is 5.73 Å². The molecule has 0 bridgehead atoms. The van der Waals surface area contributed by atoms with Gasteiger partial charge in [0.2, 0.25) is 5.91 Å². The minimum absolute atomic E-state index is 0.343. The smallest absolute Gasteiger partial charge is 0.243 e. The van der Waals surface area contributed by atoms with Gasteiger partial charge >= 0.3 is 0 Å². The lowest BCUT2D eigenvalue weighted by Crippen LogP contribution is -2.41. The Morgan fingerprint density at radius 2 is 2.17 bits per heavy atom. The van der Waals surface area contributed by atoms with Gasteiger partial charge < -0.3 is 15.3 Å². The van der Waals surface area contributed by atoms with Crippen LogP contribution in [0.1, 0.15) is 13.8 Å². The molecule has 0 saturated carbocycles. The van der Waals surface area contributed by atoms with Crippen molar-refractivity contribution in [2.45, 2.75) is 19.4 Å². The van der Waals surface area contributed by atoms with E-state index in [0.717, 1.165) is 0 Å². The number of nitrogens with zero attached hydrogens (tertiary/aromatic N) is 1. The number of carbonyl (C=O) groups is 1. The van der Waals surface area contributed by atoms with E-state index >= 15 is 0 Å². The van der Waals surface area contributed by atoms with Crippen molar-refractivity contribution in [2.24, 2.45) is 5.73 Å². The number of imidazole rings is 1. The number of hydrogen-bond donors (Lipinski definition) is 2. The molecular formula is C11H11FIN3OS. The first-order valence-corrected chi connectivity index (χ1v) is 6.64. The summed E-state index contributed by atoms with van der Waals surface area (Å²) < 4.78 is 16.0. The summed E-state index contributed by atoms with van der Waals surface area (Å²) in [5, 5.41) is 0. The number of benzene rings is 1. The maximum atomic E-state index is 13.6. The number of rotatable bonds is 2. The van der Waals surface area contributed by atoms with Crippen molar-refractivity contribution in [1.29, 1.82) is 0 Å². The quantitative estimate of drug-likeness (QED) is 0.623. The number of H-pyrrole nitrogens is 1. The highest BCUT2D eigenvalue weighted by atomic mass is 127. The molecule has 0 radical (unpaired) electrons. The molecule has 2 aromatic rings. The molecular weight excluding hydrogens is 368 g/mol. The zero-order valence-electron chi connectivity index (χ0n) is 9.75. The molecule has 0 unspecified atom stereocenters. The molecule has 7 heteroatoms. The first-order valence-electron chi connectivity index (χ1n) is 5.15. The Morgan fingerprint density at radius 1 is 1.56 bits per heavy atom. The Bertz CT molecular complexity index is 704. The SMILES string of the molecule is CC(C)(C(N)=O)n1c(=S)[nH]c2cc(I)c(F)cc21. The van der Waals surface area contributed by atoms with E-state index in [4.69, 9.17) is 18.0 Å². The first kappa shape index (κ1) is 13.5. The molecule has 0 spiro atoms. The average molecular weight is 379 g/mol. The van der Waals surface area contributed by atoms with Crippen LogP contribution in [0.5, 0.6) is 0 Å². The normalized spacial score (nSPS) is 12.0. The third kappa shape index (κ3) is 1.95. The largest absolute Gasteiger partial charge is 0.368 e. The molecule has 18 heavy (non-hydrogen) atoms. The monoisotopic (exact) mass is 379 g/mol. The number of carbonyl (C=O) groups excluding carboxylic acids is 1. The standard InChI is InChI=1S/C11H11FIN3OS/c1-11(2,9(14)17)16-8-3-5(12)6(13)4-7(8)15-10(16)18/h3-4H,1-2H3,(H2,14,17)(H,15,18). The lowest BCUT2D eigenvalue weighted by molar-refractivity contribution is -0.124. The number of nitrogens with one attached hydrogen (secondary N) is 1. The molecule has 4 nitrogen and oxygen atoms in total. The van der Waals surface area contributed by atoms with Gasteiger partial charge in [0.05, 0.1) is 14.6 Å². The molecule has 1 aromatic carbocycles. The molecule has 0 fully saturated rings. The zero-order valence-corrected chi connectivity index (χ0v) is 12.7. The van der Waals surface area contributed by atoms with Crippen molar-refractivity contribution < 1.29 is 9.18 Å². The summed E-state index contributed by atoms with van der Waals surface area (Å²) in [6.45, 7) is 3.29. The first-order chi connectivity index (χ1) is 8.25. The fraction of sp³-hybridized carbons (Fsp3) is 0.273. The van der Waals surface area contributed by atoms with E-state index in [1.54, 1.807) is 24.5 Å². The highest BCUT2D eigenvalue weighted by Gasteiger charge is 2.30. The van der Waals surface area contributed by atoms with Crippen LogP contribution in [-0.4, -0.2) is 15.5 Å². The summed E-state index contributed by atoms with van der Waals surface area (Å²) in [5.41, 5.74) is 5.56. The molecule has 1 amide bonds. The van der Waals surface area contributed by atoms with Crippen LogP contribution >= 0.6 is 34.8 Å². The Hall–Kier alpha value is -0.960. The summed E-state index contributed by atoms with van der Waals surface area (Å²) in [6.07, 6.45) is 0. The molecule has 1 aromatic heterocycles. The second-order valence-corrected chi connectivity index (χ2v) is 6.02. The van der Waals surface area contributed by atoms with Gasteiger partial charge in [-0.3, -0.25) is 4.79 Å². The maximum absolute atomic E-state index is 13.6. The molecule has 0 aliphatic carbocycles. The Kier molecular flexibility index (Phi) is 3.22. The second kappa shape index (κ2) is 4.30. The van der Waals surface area contributed by atoms with Crippen LogP contribution in [0, 0.1) is 14.2 Å². The van der Waals surface area contributed by atoms with Crippen molar-refractivity contribution in [3.63, 3.8) is 0 Å². The second-order valence-electron chi connectivity index (χ2n) is 4.47. The lowest BCUT2D eigenvalue weighted by atomic mass is 10.0. The summed E-state index contributed by atoms with van der Waals surface area (Å²) in [7, 11) is 0. The Balaban J connectivity index is 2.88. The highest BCUT2D eigenvalue weighted by molar-refractivity contribution is 14.1. The van der Waals surface area contributed by atoms with Crippen molar-refractivity contribution in [3.8, 4) is 0 Å². The number of aromatic amines is 1. The lowest BCUT2D eigenvalue weighted by Gasteiger charge is -2.23. The molecule has 0 saturated heterocycles. The molecule has 0 aliphatic heterocycles. The minimum atomic E-state index is -1.02. The predicted molar refractivity (Wildman–Crippen MR) is 78.3 cm³/mol. The summed E-state index contributed by atoms with van der Waals surface area (Å²) in [4.78, 5) is 14.5. The van der Waals surface area contributed by atoms with Crippen LogP contribution in [-0.2, 0) is 10.3 Å². The predicted octanol–water partition coefficient (Wildman–Crippen LogP) is 2.66. The highest BCUT2D eigenvalue weighted by Crippen LogP contribution is 2.26. The van der Waals surface area contributed by atoms with E-state index in [1.807, 2.05) is 22.6 Å². The van der Waals surface area contributed by atoms with E-state index in [0.29, 0.717) is 19.4 Å². The molecule has 0 atom stereocenters. The van der Waals surface area contributed by atoms with E-state index in [-0.39, 0.29) is 5.82 Å². The maximum Gasteiger partial charge on any atom is 0.243 e. The Labute approximate surface area is 121 Å². The topological polar surface area (TPSA) is 63.8 Å². The van der Waals surface area contributed by atoms with Crippen molar-refractivity contribution in [2.75, 3.05) is 0 Å². The number of fused-ring (bicyclic) bond motifs is 1. The van der Waals surface area contributed by atoms with Crippen LogP contribution in [0.15, 0.2) is 12.1 Å². The van der Waals surface area contributed by atoms with E-state index in [2.05, 4.69) is 4.98 Å². The van der Waals surface area contributed by atoms with Crippen molar-refractivity contribution >= 4 is 51.7 Å². The van der Waals surface area contributed by atoms with Crippen LogP contribution in [0.2, 0.25) is 0 Å². The number of primary amides is 1. The van der Waals surface area contributed by atoms with Gasteiger partial charge in [-0.25, -0.2) is 4.39 Å². The Morgan fingerprint density at radius 3 is 2.72 bits per heavy atom. The number of hydrogen-bond acceptors (Lipinski definition) is 2. The molecule has 96 valence electrons. The summed E-state index contributed by atoms with van der Waals surface area (Å²) in [5.74, 6) is -0.885. The number of aromatic nitrogens is 2. The van der Waals surface area contributed by atoms with Gasteiger partial charge in [0.1, 0.15) is 11.4 Å². The van der Waals surface area contributed by atoms with Gasteiger partial charge in [-0.05, 0) is 54.7 Å².